The molecule has 1 aliphatic carbocycles. The van der Waals surface area contributed by atoms with Crippen LogP contribution >= 0.6 is 11.6 Å². The van der Waals surface area contributed by atoms with Gasteiger partial charge in [-0.15, -0.1) is 0 Å². The maximum Gasteiger partial charge on any atom is 0.419 e. The molecule has 3 fully saturated rings. The first-order valence-corrected chi connectivity index (χ1v) is 19.7. The summed E-state index contributed by atoms with van der Waals surface area (Å²) in [6.07, 6.45) is 0.906. The molecular formula is C42H45ClF3N7O4. The van der Waals surface area contributed by atoms with E-state index >= 15 is 0 Å². The van der Waals surface area contributed by atoms with Gasteiger partial charge in [-0.2, -0.15) is 18.2 Å². The van der Waals surface area contributed by atoms with Crippen LogP contribution in [0.3, 0.4) is 0 Å². The number of rotatable bonds is 12. The van der Waals surface area contributed by atoms with Crippen LogP contribution in [0.2, 0.25) is 5.02 Å². The first-order chi connectivity index (χ1) is 27.4. The summed E-state index contributed by atoms with van der Waals surface area (Å²) in [5.41, 5.74) is 5.19. The molecule has 0 saturated carbocycles. The van der Waals surface area contributed by atoms with Crippen LogP contribution in [0, 0.1) is 5.41 Å². The number of aromatic nitrogens is 2. The van der Waals surface area contributed by atoms with Gasteiger partial charge in [-0.05, 0) is 60.6 Å². The normalized spacial score (nSPS) is 20.2. The Morgan fingerprint density at radius 1 is 1.00 bits per heavy atom. The zero-order valence-corrected chi connectivity index (χ0v) is 32.6. The number of methoxy groups -OCH3 is 2. The molecule has 11 nitrogen and oxygen atoms in total. The minimum absolute atomic E-state index is 0.00896. The molecule has 2 atom stereocenters. The fourth-order valence-corrected chi connectivity index (χ4v) is 9.23. The lowest BCUT2D eigenvalue weighted by atomic mass is 9.79. The molecule has 2 aromatic carbocycles. The number of pyridine rings is 2. The van der Waals surface area contributed by atoms with Gasteiger partial charge in [0, 0.05) is 92.0 Å². The van der Waals surface area contributed by atoms with Crippen molar-refractivity contribution in [1.29, 1.82) is 0 Å². The summed E-state index contributed by atoms with van der Waals surface area (Å²) in [5.74, 6) is 0.619. The molecule has 4 aliphatic rings. The lowest BCUT2D eigenvalue weighted by Gasteiger charge is -2.47. The number of anilines is 1. The van der Waals surface area contributed by atoms with Gasteiger partial charge in [-0.25, -0.2) is 0 Å². The molecular weight excluding hydrogens is 759 g/mol. The van der Waals surface area contributed by atoms with E-state index in [1.807, 2.05) is 47.4 Å². The Labute approximate surface area is 334 Å². The molecule has 2 aromatic heterocycles. The maximum absolute atomic E-state index is 14.7. The van der Waals surface area contributed by atoms with Gasteiger partial charge >= 0.3 is 6.18 Å². The van der Waals surface area contributed by atoms with E-state index in [-0.39, 0.29) is 41.5 Å². The number of carbonyl (C=O) groups excluding carboxylic acids is 2. The average molecular weight is 804 g/mol. The number of hydrogen-bond acceptors (Lipinski definition) is 9. The lowest BCUT2D eigenvalue weighted by molar-refractivity contribution is -0.137. The van der Waals surface area contributed by atoms with E-state index in [2.05, 4.69) is 31.2 Å². The Morgan fingerprint density at radius 3 is 2.56 bits per heavy atom. The maximum atomic E-state index is 14.7. The predicted octanol–water partition coefficient (Wildman–Crippen LogP) is 6.68. The van der Waals surface area contributed by atoms with E-state index in [0.717, 1.165) is 58.7 Å². The molecule has 3 saturated heterocycles. The first kappa shape index (κ1) is 38.9. The van der Waals surface area contributed by atoms with Crippen molar-refractivity contribution in [2.75, 3.05) is 45.7 Å². The fourth-order valence-electron chi connectivity index (χ4n) is 8.90. The lowest BCUT2D eigenvalue weighted by Crippen LogP contribution is -2.56. The summed E-state index contributed by atoms with van der Waals surface area (Å²) in [6, 6.07) is 14.4. The van der Waals surface area contributed by atoms with Crippen molar-refractivity contribution in [3.05, 3.63) is 87.6 Å². The van der Waals surface area contributed by atoms with Crippen LogP contribution in [0.4, 0.5) is 19.0 Å². The topological polar surface area (TPSA) is 130 Å². The van der Waals surface area contributed by atoms with Crippen LogP contribution < -0.4 is 30.7 Å². The summed E-state index contributed by atoms with van der Waals surface area (Å²) in [6.45, 7) is 3.26. The van der Waals surface area contributed by atoms with Gasteiger partial charge < -0.3 is 30.7 Å². The van der Waals surface area contributed by atoms with Crippen LogP contribution in [0.15, 0.2) is 54.7 Å². The second-order valence-electron chi connectivity index (χ2n) is 15.6. The second-order valence-corrected chi connectivity index (χ2v) is 16.0. The molecule has 57 heavy (non-hydrogen) atoms. The van der Waals surface area contributed by atoms with E-state index in [0.29, 0.717) is 74.0 Å². The Kier molecular flexibility index (Phi) is 10.8. The van der Waals surface area contributed by atoms with E-state index in [1.54, 1.807) is 13.3 Å². The predicted molar refractivity (Wildman–Crippen MR) is 210 cm³/mol. The van der Waals surface area contributed by atoms with Crippen molar-refractivity contribution in [3.8, 4) is 34.0 Å². The Morgan fingerprint density at radius 2 is 1.84 bits per heavy atom. The molecule has 4 aromatic rings. The van der Waals surface area contributed by atoms with E-state index in [1.165, 1.54) is 7.11 Å². The molecule has 5 heterocycles. The number of likely N-dealkylation sites (tertiary alicyclic amines) is 1. The van der Waals surface area contributed by atoms with Crippen LogP contribution in [0.5, 0.6) is 11.6 Å². The van der Waals surface area contributed by atoms with Crippen LogP contribution in [-0.4, -0.2) is 73.1 Å². The van der Waals surface area contributed by atoms with Crippen molar-refractivity contribution in [2.45, 2.75) is 69.9 Å². The number of amides is 2. The first-order valence-electron chi connectivity index (χ1n) is 19.3. The van der Waals surface area contributed by atoms with Crippen molar-refractivity contribution < 1.29 is 32.2 Å². The molecule has 1 spiro atoms. The summed E-state index contributed by atoms with van der Waals surface area (Å²) in [5, 5.41) is 12.9. The summed E-state index contributed by atoms with van der Waals surface area (Å²) < 4.78 is 55.4. The fraction of sp³-hybridized carbons (Fsp3) is 0.429. The molecule has 3 aliphatic heterocycles. The van der Waals surface area contributed by atoms with Gasteiger partial charge in [0.05, 0.1) is 36.5 Å². The minimum atomic E-state index is -4.67. The van der Waals surface area contributed by atoms with Gasteiger partial charge in [0.25, 0.3) is 0 Å². The van der Waals surface area contributed by atoms with Crippen molar-refractivity contribution >= 4 is 29.2 Å². The third-order valence-corrected chi connectivity index (χ3v) is 12.0. The van der Waals surface area contributed by atoms with Gasteiger partial charge in [-0.1, -0.05) is 41.9 Å². The second kappa shape index (κ2) is 15.8. The summed E-state index contributed by atoms with van der Waals surface area (Å²) in [7, 11) is 3.03. The molecule has 0 bridgehead atoms. The number of nitrogens with one attached hydrogen (secondary N) is 4. The molecule has 1 unspecified atom stereocenters. The Balaban J connectivity index is 1.03. The quantitative estimate of drug-likeness (QED) is 0.124. The van der Waals surface area contributed by atoms with E-state index in [4.69, 9.17) is 21.1 Å². The molecule has 15 heteroatoms. The SMILES string of the molecule is COc1cc(-c2nccc(-c3cccc4c3CCC[C@H]4Nc3nc(OC)c(CN4CC5(CNC(=O)C5)C4)cc3C(F)(F)F)c2Cl)ccc1CNCC1CCC(=O)N1. The van der Waals surface area contributed by atoms with Crippen molar-refractivity contribution in [1.82, 2.24) is 30.8 Å². The minimum Gasteiger partial charge on any atom is -0.496 e. The smallest absolute Gasteiger partial charge is 0.419 e. The third-order valence-electron chi connectivity index (χ3n) is 11.6. The highest BCUT2D eigenvalue weighted by atomic mass is 35.5. The van der Waals surface area contributed by atoms with Gasteiger partial charge in [0.2, 0.25) is 17.7 Å². The zero-order chi connectivity index (χ0) is 39.9. The summed E-state index contributed by atoms with van der Waals surface area (Å²) in [4.78, 5) is 34.5. The number of hydrogen-bond donors (Lipinski definition) is 4. The number of alkyl halides is 3. The third kappa shape index (κ3) is 7.99. The Bertz CT molecular complexity index is 2200. The van der Waals surface area contributed by atoms with E-state index < -0.39 is 17.8 Å². The summed E-state index contributed by atoms with van der Waals surface area (Å²) >= 11 is 7.17. The van der Waals surface area contributed by atoms with Gasteiger partial charge in [0.15, 0.2) is 0 Å². The number of fused-ring (bicyclic) bond motifs is 1. The van der Waals surface area contributed by atoms with Gasteiger partial charge in [-0.3, -0.25) is 19.5 Å². The highest BCUT2D eigenvalue weighted by Crippen LogP contribution is 2.45. The molecule has 0 radical (unpaired) electrons. The largest absolute Gasteiger partial charge is 0.496 e. The van der Waals surface area contributed by atoms with Crippen LogP contribution in [-0.2, 0) is 35.3 Å². The average Bonchev–Trinajstić information content (AvgIpc) is 3.79. The monoisotopic (exact) mass is 803 g/mol. The molecule has 4 N–H and O–H groups in total. The van der Waals surface area contributed by atoms with E-state index in [9.17, 15) is 22.8 Å². The van der Waals surface area contributed by atoms with Crippen LogP contribution in [0.25, 0.3) is 22.4 Å². The number of halogens is 4. The van der Waals surface area contributed by atoms with Crippen LogP contribution in [0.1, 0.15) is 66.0 Å². The number of carbonyl (C=O) groups is 2. The highest BCUT2D eigenvalue weighted by molar-refractivity contribution is 6.35. The van der Waals surface area contributed by atoms with Crippen molar-refractivity contribution in [3.63, 3.8) is 0 Å². The number of nitrogens with zero attached hydrogens (tertiary/aromatic N) is 3. The molecule has 300 valence electrons. The molecule has 2 amide bonds. The standard InChI is InChI=1S/C42H45ClF3N7O4/c1-56-34-16-24(9-10-25(34)18-47-19-27-11-12-35(54)50-27)38-37(43)31(13-14-48-38)29-5-3-7-30-28(29)6-4-8-33(30)51-39-32(42(44,45)46)15-26(40(52-39)57-2)20-53-22-41(23-53)17-36(55)49-21-41/h3,5,7,9-10,13-16,27,33,47H,4,6,8,11-12,17-23H2,1-2H3,(H,49,55)(H,50,54)(H,51,52)/t27?,33-/m1/s1. The number of benzene rings is 2. The number of ether oxygens (including phenoxy) is 2. The van der Waals surface area contributed by atoms with Crippen molar-refractivity contribution in [2.24, 2.45) is 5.41 Å². The highest BCUT2D eigenvalue weighted by Gasteiger charge is 2.48. The molecule has 8 rings (SSSR count). The zero-order valence-electron chi connectivity index (χ0n) is 31.8. The van der Waals surface area contributed by atoms with Gasteiger partial charge in [0.1, 0.15) is 11.6 Å². The Hall–Kier alpha value is -4.92.